The molecule has 1 fully saturated rings. The van der Waals surface area contributed by atoms with Crippen LogP contribution in [-0.4, -0.2) is 59.7 Å². The number of nitrogens with two attached hydrogens (primary N) is 1. The summed E-state index contributed by atoms with van der Waals surface area (Å²) in [5.74, 6) is 0.967. The standard InChI is InChI=1S/C22H23N5O4/c1-29-17-7-4-8-18(30-2)20(17)21(28)27-9-10-31-19(13-27)16-6-3-5-15(26-16)14-11-24-22(23)25-12-14/h3-8,11-12,19H,9-10,13H2,1-2H3,(H2,23,24,25)/t19-/m0/s1. The van der Waals surface area contributed by atoms with E-state index in [9.17, 15) is 4.79 Å². The minimum absolute atomic E-state index is 0.175. The fraction of sp³-hybridized carbons (Fsp3) is 0.273. The minimum Gasteiger partial charge on any atom is -0.496 e. The lowest BCUT2D eigenvalue weighted by Crippen LogP contribution is -2.42. The molecule has 1 atom stereocenters. The number of morpholine rings is 1. The highest BCUT2D eigenvalue weighted by molar-refractivity contribution is 5.99. The maximum Gasteiger partial charge on any atom is 0.261 e. The van der Waals surface area contributed by atoms with Gasteiger partial charge in [-0.05, 0) is 24.3 Å². The van der Waals surface area contributed by atoms with E-state index in [1.807, 2.05) is 18.2 Å². The Bertz CT molecular complexity index is 1050. The van der Waals surface area contributed by atoms with Gasteiger partial charge >= 0.3 is 0 Å². The first-order chi connectivity index (χ1) is 15.1. The molecule has 0 unspecified atom stereocenters. The third-order valence-corrected chi connectivity index (χ3v) is 5.06. The zero-order valence-corrected chi connectivity index (χ0v) is 17.3. The maximum absolute atomic E-state index is 13.3. The Hall–Kier alpha value is -3.72. The van der Waals surface area contributed by atoms with Crippen LogP contribution >= 0.6 is 0 Å². The van der Waals surface area contributed by atoms with Crippen LogP contribution in [0.25, 0.3) is 11.3 Å². The summed E-state index contributed by atoms with van der Waals surface area (Å²) in [5.41, 5.74) is 8.14. The highest BCUT2D eigenvalue weighted by Gasteiger charge is 2.30. The second-order valence-corrected chi connectivity index (χ2v) is 6.93. The van der Waals surface area contributed by atoms with Gasteiger partial charge < -0.3 is 24.8 Å². The van der Waals surface area contributed by atoms with Crippen molar-refractivity contribution in [2.45, 2.75) is 6.10 Å². The van der Waals surface area contributed by atoms with E-state index in [-0.39, 0.29) is 18.0 Å². The molecule has 0 radical (unpaired) electrons. The fourth-order valence-corrected chi connectivity index (χ4v) is 3.49. The predicted octanol–water partition coefficient (Wildman–Crippen LogP) is 2.35. The third kappa shape index (κ3) is 4.26. The topological polar surface area (TPSA) is 113 Å². The van der Waals surface area contributed by atoms with E-state index < -0.39 is 0 Å². The molecule has 31 heavy (non-hydrogen) atoms. The third-order valence-electron chi connectivity index (χ3n) is 5.06. The zero-order valence-electron chi connectivity index (χ0n) is 17.3. The number of hydrogen-bond acceptors (Lipinski definition) is 8. The summed E-state index contributed by atoms with van der Waals surface area (Å²) in [4.78, 5) is 27.8. The van der Waals surface area contributed by atoms with Crippen molar-refractivity contribution in [1.82, 2.24) is 19.9 Å². The number of benzene rings is 1. The highest BCUT2D eigenvalue weighted by Crippen LogP contribution is 2.31. The van der Waals surface area contributed by atoms with Gasteiger partial charge in [0.2, 0.25) is 5.95 Å². The van der Waals surface area contributed by atoms with Gasteiger partial charge in [-0.25, -0.2) is 15.0 Å². The van der Waals surface area contributed by atoms with E-state index in [0.717, 1.165) is 11.3 Å². The number of rotatable bonds is 5. The summed E-state index contributed by atoms with van der Waals surface area (Å²) < 4.78 is 16.7. The van der Waals surface area contributed by atoms with Gasteiger partial charge in [-0.15, -0.1) is 0 Å². The van der Waals surface area contributed by atoms with Crippen molar-refractivity contribution in [3.05, 3.63) is 60.0 Å². The average molecular weight is 421 g/mol. The molecule has 9 nitrogen and oxygen atoms in total. The number of amides is 1. The smallest absolute Gasteiger partial charge is 0.261 e. The van der Waals surface area contributed by atoms with Gasteiger partial charge in [0.05, 0.1) is 38.8 Å². The molecule has 9 heteroatoms. The first-order valence-corrected chi connectivity index (χ1v) is 9.77. The van der Waals surface area contributed by atoms with Gasteiger partial charge in [-0.3, -0.25) is 4.79 Å². The van der Waals surface area contributed by atoms with Gasteiger partial charge in [-0.1, -0.05) is 12.1 Å². The van der Waals surface area contributed by atoms with Crippen LogP contribution in [-0.2, 0) is 4.74 Å². The molecule has 0 bridgehead atoms. The van der Waals surface area contributed by atoms with Gasteiger partial charge in [-0.2, -0.15) is 0 Å². The van der Waals surface area contributed by atoms with Gasteiger partial charge in [0.1, 0.15) is 23.2 Å². The van der Waals surface area contributed by atoms with Crippen LogP contribution in [0.5, 0.6) is 11.5 Å². The Kier molecular flexibility index (Phi) is 5.94. The molecular formula is C22H23N5O4. The number of methoxy groups -OCH3 is 2. The van der Waals surface area contributed by atoms with Gasteiger partial charge in [0.25, 0.3) is 5.91 Å². The van der Waals surface area contributed by atoms with Crippen molar-refractivity contribution < 1.29 is 19.0 Å². The van der Waals surface area contributed by atoms with E-state index in [1.165, 1.54) is 14.2 Å². The van der Waals surface area contributed by atoms with Crippen molar-refractivity contribution in [3.8, 4) is 22.8 Å². The van der Waals surface area contributed by atoms with Crippen LogP contribution in [0.1, 0.15) is 22.2 Å². The Morgan fingerprint density at radius 1 is 1.10 bits per heavy atom. The summed E-state index contributed by atoms with van der Waals surface area (Å²) in [7, 11) is 3.06. The molecule has 160 valence electrons. The second-order valence-electron chi connectivity index (χ2n) is 6.93. The lowest BCUT2D eigenvalue weighted by atomic mass is 10.1. The first kappa shape index (κ1) is 20.5. The van der Waals surface area contributed by atoms with E-state index in [2.05, 4.69) is 9.97 Å². The highest BCUT2D eigenvalue weighted by atomic mass is 16.5. The van der Waals surface area contributed by atoms with Crippen LogP contribution in [0.2, 0.25) is 0 Å². The van der Waals surface area contributed by atoms with E-state index in [1.54, 1.807) is 35.5 Å². The van der Waals surface area contributed by atoms with Crippen LogP contribution in [0, 0.1) is 0 Å². The largest absolute Gasteiger partial charge is 0.496 e. The molecule has 1 aliphatic heterocycles. The van der Waals surface area contributed by atoms with Crippen LogP contribution in [0.3, 0.4) is 0 Å². The molecular weight excluding hydrogens is 398 g/mol. The van der Waals surface area contributed by atoms with Crippen LogP contribution < -0.4 is 15.2 Å². The lowest BCUT2D eigenvalue weighted by molar-refractivity contribution is -0.0248. The maximum atomic E-state index is 13.3. The first-order valence-electron chi connectivity index (χ1n) is 9.77. The number of carbonyl (C=O) groups excluding carboxylic acids is 1. The van der Waals surface area contributed by atoms with E-state index in [0.29, 0.717) is 42.5 Å². The van der Waals surface area contributed by atoms with Crippen molar-refractivity contribution >= 4 is 11.9 Å². The minimum atomic E-state index is -0.368. The molecule has 3 aromatic rings. The van der Waals surface area contributed by atoms with Gasteiger partial charge in [0.15, 0.2) is 0 Å². The molecule has 0 saturated carbocycles. The zero-order chi connectivity index (χ0) is 21.8. The molecule has 3 heterocycles. The average Bonchev–Trinajstić information content (AvgIpc) is 2.83. The van der Waals surface area contributed by atoms with Crippen molar-refractivity contribution in [2.75, 3.05) is 39.6 Å². The molecule has 1 aliphatic rings. The number of carbonyl (C=O) groups is 1. The van der Waals surface area contributed by atoms with Crippen LogP contribution in [0.15, 0.2) is 48.8 Å². The van der Waals surface area contributed by atoms with Crippen molar-refractivity contribution in [1.29, 1.82) is 0 Å². The number of hydrogen-bond donors (Lipinski definition) is 1. The Balaban J connectivity index is 1.58. The number of ether oxygens (including phenoxy) is 3. The summed E-state index contributed by atoms with van der Waals surface area (Å²) in [6, 6.07) is 10.9. The van der Waals surface area contributed by atoms with E-state index in [4.69, 9.17) is 24.9 Å². The lowest BCUT2D eigenvalue weighted by Gasteiger charge is -2.33. The van der Waals surface area contributed by atoms with Crippen LogP contribution in [0.4, 0.5) is 5.95 Å². The number of nitrogen functional groups attached to an aromatic ring is 1. The predicted molar refractivity (Wildman–Crippen MR) is 114 cm³/mol. The normalized spacial score (nSPS) is 16.1. The molecule has 0 aliphatic carbocycles. The number of aromatic nitrogens is 3. The Labute approximate surface area is 179 Å². The fourth-order valence-electron chi connectivity index (χ4n) is 3.49. The molecule has 4 rings (SSSR count). The number of pyridine rings is 1. The monoisotopic (exact) mass is 421 g/mol. The number of anilines is 1. The summed E-state index contributed by atoms with van der Waals surface area (Å²) in [6.45, 7) is 1.21. The molecule has 1 aromatic carbocycles. The summed E-state index contributed by atoms with van der Waals surface area (Å²) >= 11 is 0. The Morgan fingerprint density at radius 3 is 2.45 bits per heavy atom. The van der Waals surface area contributed by atoms with Gasteiger partial charge in [0, 0.05) is 24.5 Å². The Morgan fingerprint density at radius 2 is 1.77 bits per heavy atom. The summed E-state index contributed by atoms with van der Waals surface area (Å²) in [5, 5.41) is 0. The van der Waals surface area contributed by atoms with Crippen molar-refractivity contribution in [3.63, 3.8) is 0 Å². The molecule has 1 saturated heterocycles. The quantitative estimate of drug-likeness (QED) is 0.668. The molecule has 2 aromatic heterocycles. The SMILES string of the molecule is COc1cccc(OC)c1C(=O)N1CCO[C@H](c2cccc(-c3cnc(N)nc3)n2)C1. The summed E-state index contributed by atoms with van der Waals surface area (Å²) in [6.07, 6.45) is 2.88. The van der Waals surface area contributed by atoms with Crippen molar-refractivity contribution in [2.24, 2.45) is 0 Å². The molecule has 0 spiro atoms. The number of nitrogens with zero attached hydrogens (tertiary/aromatic N) is 4. The van der Waals surface area contributed by atoms with E-state index >= 15 is 0 Å². The second kappa shape index (κ2) is 8.97. The molecule has 2 N–H and O–H groups in total. The molecule has 1 amide bonds.